The van der Waals surface area contributed by atoms with Crippen molar-refractivity contribution in [2.75, 3.05) is 37.7 Å². The van der Waals surface area contributed by atoms with Crippen molar-refractivity contribution < 1.29 is 9.53 Å². The third-order valence-electron chi connectivity index (χ3n) is 5.22. The molecule has 0 atom stereocenters. The van der Waals surface area contributed by atoms with Gasteiger partial charge in [-0.15, -0.1) is 0 Å². The number of fused-ring (bicyclic) bond motifs is 1. The Bertz CT molecular complexity index is 986. The van der Waals surface area contributed by atoms with Crippen LogP contribution in [0.4, 0.5) is 5.13 Å². The topological polar surface area (TPSA) is 45.7 Å². The number of carbonyl (C=O) groups is 1. The van der Waals surface area contributed by atoms with Gasteiger partial charge >= 0.3 is 0 Å². The van der Waals surface area contributed by atoms with Crippen LogP contribution in [0.15, 0.2) is 42.5 Å². The lowest BCUT2D eigenvalue weighted by molar-refractivity contribution is 0.0983. The van der Waals surface area contributed by atoms with Gasteiger partial charge in [0.15, 0.2) is 5.13 Å². The van der Waals surface area contributed by atoms with E-state index in [1.165, 1.54) is 11.3 Å². The number of hydrogen-bond donors (Lipinski definition) is 0. The number of benzene rings is 2. The first-order valence-corrected chi connectivity index (χ1v) is 12.1. The lowest BCUT2D eigenvalue weighted by atomic mass is 10.2. The summed E-state index contributed by atoms with van der Waals surface area (Å²) >= 11 is 7.64. The van der Waals surface area contributed by atoms with Crippen LogP contribution in [-0.2, 0) is 0 Å². The summed E-state index contributed by atoms with van der Waals surface area (Å²) in [7, 11) is 0. The highest BCUT2D eigenvalue weighted by Gasteiger charge is 2.22. The van der Waals surface area contributed by atoms with Crippen molar-refractivity contribution in [1.29, 1.82) is 0 Å². The summed E-state index contributed by atoms with van der Waals surface area (Å²) in [6.07, 6.45) is 2.10. The van der Waals surface area contributed by atoms with Gasteiger partial charge in [-0.05, 0) is 62.0 Å². The quantitative estimate of drug-likeness (QED) is 0.324. The molecule has 0 radical (unpaired) electrons. The molecule has 166 valence electrons. The summed E-state index contributed by atoms with van der Waals surface area (Å²) < 4.78 is 6.71. The number of carbonyl (C=O) groups excluding carboxylic acids is 1. The average molecular weight is 460 g/mol. The number of rotatable bonds is 11. The van der Waals surface area contributed by atoms with Crippen molar-refractivity contribution in [1.82, 2.24) is 9.88 Å². The number of nitrogens with zero attached hydrogens (tertiary/aromatic N) is 3. The van der Waals surface area contributed by atoms with Gasteiger partial charge in [0.2, 0.25) is 0 Å². The molecule has 0 saturated carbocycles. The van der Waals surface area contributed by atoms with Gasteiger partial charge in [0.1, 0.15) is 5.75 Å². The van der Waals surface area contributed by atoms with Gasteiger partial charge in [-0.25, -0.2) is 4.98 Å². The molecular formula is C24H30ClN3O2S. The van der Waals surface area contributed by atoms with E-state index in [0.29, 0.717) is 28.9 Å². The van der Waals surface area contributed by atoms with Crippen LogP contribution in [0, 0.1) is 0 Å². The second-order valence-electron chi connectivity index (χ2n) is 7.32. The second kappa shape index (κ2) is 11.5. The largest absolute Gasteiger partial charge is 0.494 e. The molecular weight excluding hydrogens is 430 g/mol. The molecule has 0 saturated heterocycles. The molecule has 0 spiro atoms. The van der Waals surface area contributed by atoms with E-state index in [4.69, 9.17) is 21.3 Å². The van der Waals surface area contributed by atoms with Crippen LogP contribution in [0.2, 0.25) is 5.02 Å². The van der Waals surface area contributed by atoms with Gasteiger partial charge in [0.05, 0.1) is 16.8 Å². The zero-order chi connectivity index (χ0) is 22.2. The van der Waals surface area contributed by atoms with E-state index < -0.39 is 0 Å². The van der Waals surface area contributed by atoms with Gasteiger partial charge in [-0.2, -0.15) is 0 Å². The lowest BCUT2D eigenvalue weighted by Crippen LogP contribution is -2.38. The van der Waals surface area contributed by atoms with Crippen LogP contribution in [0.1, 0.15) is 44.0 Å². The van der Waals surface area contributed by atoms with E-state index >= 15 is 0 Å². The van der Waals surface area contributed by atoms with E-state index in [2.05, 4.69) is 25.7 Å². The third kappa shape index (κ3) is 6.19. The van der Waals surface area contributed by atoms with Gasteiger partial charge < -0.3 is 9.64 Å². The fraction of sp³-hybridized carbons (Fsp3) is 0.417. The van der Waals surface area contributed by atoms with Crippen molar-refractivity contribution in [3.63, 3.8) is 0 Å². The van der Waals surface area contributed by atoms with E-state index in [0.717, 1.165) is 48.4 Å². The van der Waals surface area contributed by atoms with Crippen molar-refractivity contribution >= 4 is 44.2 Å². The number of anilines is 1. The zero-order valence-electron chi connectivity index (χ0n) is 18.4. The molecule has 0 aliphatic rings. The summed E-state index contributed by atoms with van der Waals surface area (Å²) in [6, 6.07) is 13.0. The van der Waals surface area contributed by atoms with Crippen molar-refractivity contribution in [2.45, 2.75) is 33.6 Å². The number of likely N-dealkylation sites (N-methyl/N-ethyl adjacent to an activating group) is 1. The number of aromatic nitrogens is 1. The van der Waals surface area contributed by atoms with Crippen LogP contribution in [0.3, 0.4) is 0 Å². The Kier molecular flexibility index (Phi) is 8.69. The van der Waals surface area contributed by atoms with Gasteiger partial charge in [-0.3, -0.25) is 9.69 Å². The Balaban J connectivity index is 1.84. The molecule has 0 aliphatic carbocycles. The SMILES string of the molecule is CCCCOc1ccc(C(=O)N(CCN(CC)CC)c2nc3ccc(Cl)cc3s2)cc1. The maximum atomic E-state index is 13.5. The number of thiazole rings is 1. The standard InChI is InChI=1S/C24H30ClN3O2S/c1-4-7-16-30-20-11-8-18(9-12-20)23(29)28(15-14-27(5-2)6-3)24-26-21-13-10-19(25)17-22(21)31-24/h8-13,17H,4-7,14-16H2,1-3H3. The summed E-state index contributed by atoms with van der Waals surface area (Å²) in [5.74, 6) is 0.728. The molecule has 3 rings (SSSR count). The molecule has 0 bridgehead atoms. The Morgan fingerprint density at radius 3 is 2.48 bits per heavy atom. The van der Waals surface area contributed by atoms with Crippen LogP contribution in [0.5, 0.6) is 5.75 Å². The number of hydrogen-bond acceptors (Lipinski definition) is 5. The Labute approximate surface area is 193 Å². The molecule has 1 amide bonds. The maximum Gasteiger partial charge on any atom is 0.260 e. The molecule has 1 aromatic heterocycles. The Morgan fingerprint density at radius 1 is 1.06 bits per heavy atom. The van der Waals surface area contributed by atoms with E-state index in [-0.39, 0.29) is 5.91 Å². The first-order valence-electron chi connectivity index (χ1n) is 10.9. The fourth-order valence-corrected chi connectivity index (χ4v) is 4.52. The van der Waals surface area contributed by atoms with Crippen molar-refractivity contribution in [3.8, 4) is 5.75 Å². The van der Waals surface area contributed by atoms with Crippen LogP contribution in [0.25, 0.3) is 10.2 Å². The third-order valence-corrected chi connectivity index (χ3v) is 6.49. The van der Waals surface area contributed by atoms with Crippen LogP contribution >= 0.6 is 22.9 Å². The molecule has 3 aromatic rings. The van der Waals surface area contributed by atoms with E-state index in [1.54, 1.807) is 4.90 Å². The van der Waals surface area contributed by atoms with Crippen molar-refractivity contribution in [3.05, 3.63) is 53.1 Å². The molecule has 0 unspecified atom stereocenters. The molecule has 0 N–H and O–H groups in total. The highest BCUT2D eigenvalue weighted by molar-refractivity contribution is 7.22. The van der Waals surface area contributed by atoms with Gasteiger partial charge in [0, 0.05) is 23.7 Å². The highest BCUT2D eigenvalue weighted by atomic mass is 35.5. The molecule has 5 nitrogen and oxygen atoms in total. The lowest BCUT2D eigenvalue weighted by Gasteiger charge is -2.24. The summed E-state index contributed by atoms with van der Waals surface area (Å²) in [5, 5.41) is 1.36. The van der Waals surface area contributed by atoms with Crippen LogP contribution < -0.4 is 9.64 Å². The van der Waals surface area contributed by atoms with Gasteiger partial charge in [0.25, 0.3) is 5.91 Å². The predicted octanol–water partition coefficient (Wildman–Crippen LogP) is 6.12. The fourth-order valence-electron chi connectivity index (χ4n) is 3.25. The number of unbranched alkanes of at least 4 members (excludes halogenated alkanes) is 1. The molecule has 0 fully saturated rings. The number of amides is 1. The van der Waals surface area contributed by atoms with Crippen molar-refractivity contribution in [2.24, 2.45) is 0 Å². The molecule has 0 aliphatic heterocycles. The first-order chi connectivity index (χ1) is 15.0. The maximum absolute atomic E-state index is 13.5. The first kappa shape index (κ1) is 23.5. The number of halogens is 1. The average Bonchev–Trinajstić information content (AvgIpc) is 3.20. The highest BCUT2D eigenvalue weighted by Crippen LogP contribution is 2.31. The minimum atomic E-state index is -0.0579. The Morgan fingerprint density at radius 2 is 1.81 bits per heavy atom. The summed E-state index contributed by atoms with van der Waals surface area (Å²) in [5.41, 5.74) is 1.48. The monoisotopic (exact) mass is 459 g/mol. The minimum absolute atomic E-state index is 0.0579. The van der Waals surface area contributed by atoms with Gasteiger partial charge in [-0.1, -0.05) is 50.1 Å². The number of ether oxygens (including phenoxy) is 1. The molecule has 1 heterocycles. The Hall–Kier alpha value is -2.15. The van der Waals surface area contributed by atoms with E-state index in [9.17, 15) is 4.79 Å². The smallest absolute Gasteiger partial charge is 0.260 e. The molecule has 2 aromatic carbocycles. The zero-order valence-corrected chi connectivity index (χ0v) is 20.0. The van der Waals surface area contributed by atoms with E-state index in [1.807, 2.05) is 42.5 Å². The summed E-state index contributed by atoms with van der Waals surface area (Å²) in [6.45, 7) is 10.3. The predicted molar refractivity (Wildman–Crippen MR) is 131 cm³/mol. The normalized spacial score (nSPS) is 11.3. The molecule has 31 heavy (non-hydrogen) atoms. The molecule has 7 heteroatoms. The summed E-state index contributed by atoms with van der Waals surface area (Å²) in [4.78, 5) is 22.3. The minimum Gasteiger partial charge on any atom is -0.494 e. The van der Waals surface area contributed by atoms with Crippen LogP contribution in [-0.4, -0.2) is 48.6 Å². The second-order valence-corrected chi connectivity index (χ2v) is 8.76.